The van der Waals surface area contributed by atoms with Crippen LogP contribution in [0.25, 0.3) is 5.65 Å². The molecule has 102 valence electrons. The van der Waals surface area contributed by atoms with Crippen molar-refractivity contribution in [2.45, 2.75) is 13.0 Å². The minimum absolute atomic E-state index is 0.0153. The van der Waals surface area contributed by atoms with Gasteiger partial charge in [-0.05, 0) is 30.2 Å². The normalized spacial score (nSPS) is 12.5. The second kappa shape index (κ2) is 5.30. The van der Waals surface area contributed by atoms with Crippen LogP contribution in [0, 0.1) is 6.92 Å². The molecule has 0 radical (unpaired) electrons. The van der Waals surface area contributed by atoms with Crippen LogP contribution in [-0.4, -0.2) is 26.3 Å². The Morgan fingerprint density at radius 1 is 1.25 bits per heavy atom. The molecule has 2 heterocycles. The zero-order valence-corrected chi connectivity index (χ0v) is 11.2. The number of pyridine rings is 1. The third-order valence-electron chi connectivity index (χ3n) is 3.18. The number of aryl methyl sites for hydroxylation is 1. The van der Waals surface area contributed by atoms with E-state index in [0.717, 1.165) is 16.8 Å². The Labute approximate surface area is 116 Å². The van der Waals surface area contributed by atoms with Gasteiger partial charge in [-0.2, -0.15) is 4.98 Å². The lowest BCUT2D eigenvalue weighted by atomic mass is 10.1. The average Bonchev–Trinajstić information content (AvgIpc) is 2.87. The number of nitrogens with zero attached hydrogens (tertiary/aromatic N) is 3. The number of aromatic nitrogens is 3. The van der Waals surface area contributed by atoms with Crippen LogP contribution in [0.3, 0.4) is 0 Å². The number of hydrogen-bond acceptors (Lipinski definition) is 4. The topological polar surface area (TPSA) is 62.5 Å². The van der Waals surface area contributed by atoms with E-state index in [2.05, 4.69) is 15.4 Å². The number of fused-ring (bicyclic) bond motifs is 1. The number of benzene rings is 1. The molecule has 5 nitrogen and oxygen atoms in total. The molecule has 0 aliphatic rings. The van der Waals surface area contributed by atoms with Gasteiger partial charge in [0.25, 0.3) is 0 Å². The van der Waals surface area contributed by atoms with Gasteiger partial charge in [-0.1, -0.05) is 30.3 Å². The van der Waals surface area contributed by atoms with Crippen molar-refractivity contribution in [2.24, 2.45) is 0 Å². The highest BCUT2D eigenvalue weighted by Gasteiger charge is 2.12. The van der Waals surface area contributed by atoms with Crippen LogP contribution in [0.5, 0.6) is 0 Å². The third kappa shape index (κ3) is 2.48. The summed E-state index contributed by atoms with van der Waals surface area (Å²) in [6.45, 7) is 2.00. The molecular weight excluding hydrogens is 252 g/mol. The summed E-state index contributed by atoms with van der Waals surface area (Å²) in [6, 6.07) is 13.5. The fourth-order valence-corrected chi connectivity index (χ4v) is 2.12. The van der Waals surface area contributed by atoms with Crippen molar-refractivity contribution < 1.29 is 5.11 Å². The van der Waals surface area contributed by atoms with Gasteiger partial charge in [-0.3, -0.25) is 0 Å². The van der Waals surface area contributed by atoms with Crippen molar-refractivity contribution in [3.05, 3.63) is 59.8 Å². The minimum atomic E-state index is -0.213. The first-order valence-corrected chi connectivity index (χ1v) is 6.51. The van der Waals surface area contributed by atoms with Crippen LogP contribution < -0.4 is 5.32 Å². The Morgan fingerprint density at radius 3 is 2.80 bits per heavy atom. The van der Waals surface area contributed by atoms with E-state index in [1.807, 2.05) is 55.6 Å². The maximum atomic E-state index is 9.53. The predicted octanol–water partition coefficient (Wildman–Crippen LogP) is 2.18. The standard InChI is InChI=1S/C15H16N4O/c1-11-7-8-19-14(9-11)17-15(18-19)16-13(10-20)12-5-3-2-4-6-12/h2-9,13,20H,10H2,1H3,(H,16,18). The number of rotatable bonds is 4. The Morgan fingerprint density at radius 2 is 2.05 bits per heavy atom. The van der Waals surface area contributed by atoms with Crippen LogP contribution in [-0.2, 0) is 0 Å². The second-order valence-electron chi connectivity index (χ2n) is 4.73. The molecule has 1 unspecified atom stereocenters. The maximum absolute atomic E-state index is 9.53. The molecule has 0 aliphatic heterocycles. The maximum Gasteiger partial charge on any atom is 0.243 e. The van der Waals surface area contributed by atoms with Crippen molar-refractivity contribution >= 4 is 11.6 Å². The first-order valence-electron chi connectivity index (χ1n) is 6.51. The van der Waals surface area contributed by atoms with Crippen molar-refractivity contribution in [3.63, 3.8) is 0 Å². The molecule has 3 aromatic rings. The van der Waals surface area contributed by atoms with Crippen molar-refractivity contribution in [1.82, 2.24) is 14.6 Å². The van der Waals surface area contributed by atoms with Gasteiger partial charge in [0.1, 0.15) is 0 Å². The Hall–Kier alpha value is -2.40. The molecule has 1 atom stereocenters. The summed E-state index contributed by atoms with van der Waals surface area (Å²) in [7, 11) is 0. The zero-order chi connectivity index (χ0) is 13.9. The number of anilines is 1. The Kier molecular flexibility index (Phi) is 3.35. The number of hydrogen-bond donors (Lipinski definition) is 2. The van der Waals surface area contributed by atoms with Crippen molar-refractivity contribution in [2.75, 3.05) is 11.9 Å². The van der Waals surface area contributed by atoms with Crippen molar-refractivity contribution in [3.8, 4) is 0 Å². The molecule has 0 fully saturated rings. The summed E-state index contributed by atoms with van der Waals surface area (Å²) in [5, 5.41) is 17.0. The van der Waals surface area contributed by atoms with E-state index in [1.54, 1.807) is 4.52 Å². The number of aliphatic hydroxyl groups excluding tert-OH is 1. The van der Waals surface area contributed by atoms with Crippen LogP contribution in [0.2, 0.25) is 0 Å². The summed E-state index contributed by atoms with van der Waals surface area (Å²) >= 11 is 0. The monoisotopic (exact) mass is 268 g/mol. The fourth-order valence-electron chi connectivity index (χ4n) is 2.12. The lowest BCUT2D eigenvalue weighted by Gasteiger charge is -2.14. The van der Waals surface area contributed by atoms with E-state index in [1.165, 1.54) is 0 Å². The first-order chi connectivity index (χ1) is 9.76. The van der Waals surface area contributed by atoms with Gasteiger partial charge in [0.15, 0.2) is 5.65 Å². The number of nitrogens with one attached hydrogen (secondary N) is 1. The molecule has 3 rings (SSSR count). The van der Waals surface area contributed by atoms with Crippen LogP contribution >= 0.6 is 0 Å². The van der Waals surface area contributed by atoms with Gasteiger partial charge in [-0.25, -0.2) is 4.52 Å². The van der Waals surface area contributed by atoms with Gasteiger partial charge in [0.05, 0.1) is 12.6 Å². The quantitative estimate of drug-likeness (QED) is 0.761. The first kappa shape index (κ1) is 12.6. The van der Waals surface area contributed by atoms with Gasteiger partial charge in [0, 0.05) is 6.20 Å². The molecular formula is C15H16N4O. The highest BCUT2D eigenvalue weighted by atomic mass is 16.3. The Balaban J connectivity index is 1.87. The SMILES string of the molecule is Cc1ccn2nc(NC(CO)c3ccccc3)nc2c1. The van der Waals surface area contributed by atoms with Crippen LogP contribution in [0.15, 0.2) is 48.7 Å². The summed E-state index contributed by atoms with van der Waals surface area (Å²) in [5.41, 5.74) is 2.93. The Bertz CT molecular complexity index is 708. The number of aliphatic hydroxyl groups is 1. The fraction of sp³-hybridized carbons (Fsp3) is 0.200. The van der Waals surface area contributed by atoms with E-state index < -0.39 is 0 Å². The molecule has 2 N–H and O–H groups in total. The molecule has 0 saturated carbocycles. The van der Waals surface area contributed by atoms with Crippen LogP contribution in [0.1, 0.15) is 17.2 Å². The molecule has 0 aliphatic carbocycles. The lowest BCUT2D eigenvalue weighted by Crippen LogP contribution is -2.15. The van der Waals surface area contributed by atoms with Gasteiger partial charge in [-0.15, -0.1) is 5.10 Å². The molecule has 20 heavy (non-hydrogen) atoms. The highest BCUT2D eigenvalue weighted by Crippen LogP contribution is 2.17. The minimum Gasteiger partial charge on any atom is -0.394 e. The van der Waals surface area contributed by atoms with Gasteiger partial charge in [0.2, 0.25) is 5.95 Å². The van der Waals surface area contributed by atoms with Gasteiger partial charge < -0.3 is 10.4 Å². The largest absolute Gasteiger partial charge is 0.394 e. The summed E-state index contributed by atoms with van der Waals surface area (Å²) < 4.78 is 1.72. The van der Waals surface area contributed by atoms with E-state index in [0.29, 0.717) is 5.95 Å². The van der Waals surface area contributed by atoms with E-state index >= 15 is 0 Å². The smallest absolute Gasteiger partial charge is 0.243 e. The van der Waals surface area contributed by atoms with Gasteiger partial charge >= 0.3 is 0 Å². The van der Waals surface area contributed by atoms with Crippen LogP contribution in [0.4, 0.5) is 5.95 Å². The molecule has 0 saturated heterocycles. The average molecular weight is 268 g/mol. The van der Waals surface area contributed by atoms with E-state index in [-0.39, 0.29) is 12.6 Å². The third-order valence-corrected chi connectivity index (χ3v) is 3.18. The molecule has 0 amide bonds. The summed E-state index contributed by atoms with van der Waals surface area (Å²) in [4.78, 5) is 4.42. The predicted molar refractivity (Wildman–Crippen MR) is 77.6 cm³/mol. The molecule has 5 heteroatoms. The summed E-state index contributed by atoms with van der Waals surface area (Å²) in [6.07, 6.45) is 1.87. The van der Waals surface area contributed by atoms with Crippen molar-refractivity contribution in [1.29, 1.82) is 0 Å². The van der Waals surface area contributed by atoms with E-state index in [4.69, 9.17) is 0 Å². The lowest BCUT2D eigenvalue weighted by molar-refractivity contribution is 0.276. The second-order valence-corrected chi connectivity index (χ2v) is 4.73. The molecule has 2 aromatic heterocycles. The molecule has 0 spiro atoms. The molecule has 1 aromatic carbocycles. The summed E-state index contributed by atoms with van der Waals surface area (Å²) in [5.74, 6) is 0.513. The molecule has 0 bridgehead atoms. The van der Waals surface area contributed by atoms with E-state index in [9.17, 15) is 5.11 Å². The highest BCUT2D eigenvalue weighted by molar-refractivity contribution is 5.46. The zero-order valence-electron chi connectivity index (χ0n) is 11.2.